The van der Waals surface area contributed by atoms with Gasteiger partial charge in [-0.25, -0.2) is 0 Å². The topological polar surface area (TPSA) is 66.4 Å². The summed E-state index contributed by atoms with van der Waals surface area (Å²) in [6, 6.07) is 4.29. The minimum Gasteiger partial charge on any atom is -0.481 e. The number of nitrogens with one attached hydrogen (secondary N) is 1. The van der Waals surface area contributed by atoms with Gasteiger partial charge in [-0.15, -0.1) is 0 Å². The molecule has 4 nitrogen and oxygen atoms in total. The summed E-state index contributed by atoms with van der Waals surface area (Å²) in [6.07, 6.45) is -4.48. The van der Waals surface area contributed by atoms with Crippen LogP contribution in [-0.4, -0.2) is 23.0 Å². The Bertz CT molecular complexity index is 543. The number of rotatable bonds is 6. The van der Waals surface area contributed by atoms with Crippen LogP contribution in [0.1, 0.15) is 31.4 Å². The maximum absolute atomic E-state index is 12.6. The van der Waals surface area contributed by atoms with Gasteiger partial charge in [0.1, 0.15) is 0 Å². The van der Waals surface area contributed by atoms with Crippen molar-refractivity contribution in [1.82, 2.24) is 5.32 Å². The predicted octanol–water partition coefficient (Wildman–Crippen LogP) is 2.86. The van der Waals surface area contributed by atoms with Crippen molar-refractivity contribution in [1.29, 1.82) is 0 Å². The molecule has 1 aromatic carbocycles. The highest BCUT2D eigenvalue weighted by molar-refractivity contribution is 5.79. The van der Waals surface area contributed by atoms with E-state index in [0.29, 0.717) is 5.56 Å². The van der Waals surface area contributed by atoms with Crippen LogP contribution < -0.4 is 5.32 Å². The van der Waals surface area contributed by atoms with Crippen LogP contribution in [0.2, 0.25) is 0 Å². The number of hydrogen-bond acceptors (Lipinski definition) is 2. The van der Waals surface area contributed by atoms with Gasteiger partial charge in [0.05, 0.1) is 12.0 Å². The van der Waals surface area contributed by atoms with Crippen molar-refractivity contribution in [3.05, 3.63) is 35.4 Å². The van der Waals surface area contributed by atoms with Gasteiger partial charge < -0.3 is 10.4 Å². The lowest BCUT2D eigenvalue weighted by Crippen LogP contribution is -2.38. The Morgan fingerprint density at radius 2 is 1.91 bits per heavy atom. The number of amides is 1. The van der Waals surface area contributed by atoms with Crippen LogP contribution in [0.5, 0.6) is 0 Å². The molecule has 7 heteroatoms. The summed E-state index contributed by atoms with van der Waals surface area (Å²) in [5.74, 6) is -1.97. The van der Waals surface area contributed by atoms with Crippen LogP contribution in [0.15, 0.2) is 24.3 Å². The Kier molecular flexibility index (Phi) is 5.96. The van der Waals surface area contributed by atoms with E-state index in [2.05, 4.69) is 5.32 Å². The minimum absolute atomic E-state index is 0.148. The average molecular weight is 317 g/mol. The van der Waals surface area contributed by atoms with E-state index < -0.39 is 29.7 Å². The maximum atomic E-state index is 12.6. The quantitative estimate of drug-likeness (QED) is 0.848. The number of carbonyl (C=O) groups is 2. The zero-order valence-electron chi connectivity index (χ0n) is 12.3. The van der Waals surface area contributed by atoms with Gasteiger partial charge in [0, 0.05) is 12.0 Å². The molecule has 0 bridgehead atoms. The van der Waals surface area contributed by atoms with E-state index in [1.165, 1.54) is 12.1 Å². The number of hydrogen-bond donors (Lipinski definition) is 2. The molecule has 0 spiro atoms. The molecule has 0 saturated carbocycles. The molecule has 0 radical (unpaired) electrons. The van der Waals surface area contributed by atoms with Crippen LogP contribution in [-0.2, 0) is 22.2 Å². The monoisotopic (exact) mass is 317 g/mol. The number of carbonyl (C=O) groups excluding carboxylic acids is 1. The second-order valence-corrected chi connectivity index (χ2v) is 5.31. The first-order valence-corrected chi connectivity index (χ1v) is 6.78. The number of benzene rings is 1. The van der Waals surface area contributed by atoms with Crippen LogP contribution in [0.3, 0.4) is 0 Å². The molecule has 2 atom stereocenters. The fraction of sp³-hybridized carbons (Fsp3) is 0.467. The first-order chi connectivity index (χ1) is 10.1. The van der Waals surface area contributed by atoms with Gasteiger partial charge >= 0.3 is 12.1 Å². The summed E-state index contributed by atoms with van der Waals surface area (Å²) >= 11 is 0. The Hall–Kier alpha value is -2.05. The molecule has 2 unspecified atom stereocenters. The van der Waals surface area contributed by atoms with E-state index >= 15 is 0 Å². The second-order valence-electron chi connectivity index (χ2n) is 5.31. The molecule has 22 heavy (non-hydrogen) atoms. The number of carboxylic acids is 1. The SMILES string of the molecule is CC(CC(=O)O)NC(=O)C(C)Cc1cccc(C(F)(F)F)c1. The third kappa shape index (κ3) is 5.75. The molecule has 0 fully saturated rings. The molecule has 0 aliphatic heterocycles. The summed E-state index contributed by atoms with van der Waals surface area (Å²) in [6.45, 7) is 3.14. The van der Waals surface area contributed by atoms with Gasteiger partial charge in [-0.3, -0.25) is 9.59 Å². The maximum Gasteiger partial charge on any atom is 0.416 e. The van der Waals surface area contributed by atoms with E-state index in [-0.39, 0.29) is 18.7 Å². The largest absolute Gasteiger partial charge is 0.481 e. The molecule has 1 amide bonds. The van der Waals surface area contributed by atoms with E-state index in [0.717, 1.165) is 12.1 Å². The lowest BCUT2D eigenvalue weighted by atomic mass is 9.98. The van der Waals surface area contributed by atoms with E-state index in [1.54, 1.807) is 13.8 Å². The summed E-state index contributed by atoms with van der Waals surface area (Å²) < 4.78 is 37.9. The van der Waals surface area contributed by atoms with Crippen LogP contribution in [0.25, 0.3) is 0 Å². The molecule has 1 aromatic rings. The zero-order valence-corrected chi connectivity index (χ0v) is 12.3. The normalized spacial score (nSPS) is 14.2. The highest BCUT2D eigenvalue weighted by Gasteiger charge is 2.30. The fourth-order valence-electron chi connectivity index (χ4n) is 2.02. The summed E-state index contributed by atoms with van der Waals surface area (Å²) in [5, 5.41) is 11.2. The molecule has 0 saturated heterocycles. The zero-order chi connectivity index (χ0) is 16.9. The van der Waals surface area contributed by atoms with Crippen molar-refractivity contribution in [2.75, 3.05) is 0 Å². The van der Waals surface area contributed by atoms with Gasteiger partial charge in [-0.1, -0.05) is 25.1 Å². The smallest absolute Gasteiger partial charge is 0.416 e. The second kappa shape index (κ2) is 7.29. The summed E-state index contributed by atoms with van der Waals surface area (Å²) in [7, 11) is 0. The summed E-state index contributed by atoms with van der Waals surface area (Å²) in [5.41, 5.74) is -0.347. The van der Waals surface area contributed by atoms with E-state index in [1.807, 2.05) is 0 Å². The van der Waals surface area contributed by atoms with E-state index in [9.17, 15) is 22.8 Å². The molecule has 0 heterocycles. The van der Waals surface area contributed by atoms with Gasteiger partial charge in [0.25, 0.3) is 0 Å². The number of carboxylic acid groups (broad SMARTS) is 1. The fourth-order valence-corrected chi connectivity index (χ4v) is 2.02. The van der Waals surface area contributed by atoms with Gasteiger partial charge in [0.15, 0.2) is 0 Å². The lowest BCUT2D eigenvalue weighted by molar-refractivity contribution is -0.138. The van der Waals surface area contributed by atoms with Crippen molar-refractivity contribution >= 4 is 11.9 Å². The Morgan fingerprint density at radius 3 is 2.45 bits per heavy atom. The van der Waals surface area contributed by atoms with Crippen molar-refractivity contribution in [3.8, 4) is 0 Å². The van der Waals surface area contributed by atoms with Gasteiger partial charge in [0.2, 0.25) is 5.91 Å². The van der Waals surface area contributed by atoms with Crippen LogP contribution in [0.4, 0.5) is 13.2 Å². The third-order valence-electron chi connectivity index (χ3n) is 3.11. The van der Waals surface area contributed by atoms with Crippen molar-refractivity contribution in [2.45, 2.75) is 38.9 Å². The predicted molar refractivity (Wildman–Crippen MR) is 74.2 cm³/mol. The molecule has 0 aromatic heterocycles. The van der Waals surface area contributed by atoms with Gasteiger partial charge in [-0.05, 0) is 25.0 Å². The van der Waals surface area contributed by atoms with Gasteiger partial charge in [-0.2, -0.15) is 13.2 Å². The Labute approximate surface area is 126 Å². The highest BCUT2D eigenvalue weighted by Crippen LogP contribution is 2.29. The Balaban J connectivity index is 2.66. The third-order valence-corrected chi connectivity index (χ3v) is 3.11. The highest BCUT2D eigenvalue weighted by atomic mass is 19.4. The first-order valence-electron chi connectivity index (χ1n) is 6.78. The van der Waals surface area contributed by atoms with Crippen molar-refractivity contribution in [2.24, 2.45) is 5.92 Å². The average Bonchev–Trinajstić information content (AvgIpc) is 2.36. The standard InChI is InChI=1S/C15H18F3NO3/c1-9(14(22)19-10(2)7-13(20)21)6-11-4-3-5-12(8-11)15(16,17)18/h3-5,8-10H,6-7H2,1-2H3,(H,19,22)(H,20,21). The van der Waals surface area contributed by atoms with Crippen molar-refractivity contribution in [3.63, 3.8) is 0 Å². The Morgan fingerprint density at radius 1 is 1.27 bits per heavy atom. The molecular weight excluding hydrogens is 299 g/mol. The molecule has 122 valence electrons. The number of aliphatic carboxylic acids is 1. The molecule has 1 rings (SSSR count). The van der Waals surface area contributed by atoms with Crippen LogP contribution in [0, 0.1) is 5.92 Å². The number of halogens is 3. The molecule has 0 aliphatic rings. The lowest BCUT2D eigenvalue weighted by Gasteiger charge is -2.17. The molecule has 0 aliphatic carbocycles. The number of alkyl halides is 3. The molecule has 2 N–H and O–H groups in total. The van der Waals surface area contributed by atoms with Crippen LogP contribution >= 0.6 is 0 Å². The minimum atomic E-state index is -4.42. The first kappa shape index (κ1) is 18.0. The van der Waals surface area contributed by atoms with Crippen molar-refractivity contribution < 1.29 is 27.9 Å². The van der Waals surface area contributed by atoms with E-state index in [4.69, 9.17) is 5.11 Å². The summed E-state index contributed by atoms with van der Waals surface area (Å²) in [4.78, 5) is 22.4. The molecular formula is C15H18F3NO3.